The number of rotatable bonds is 2. The van der Waals surface area contributed by atoms with E-state index in [0.29, 0.717) is 5.92 Å². The molecule has 9 heavy (non-hydrogen) atoms. The summed E-state index contributed by atoms with van der Waals surface area (Å²) in [6.07, 6.45) is 1.19. The Bertz CT molecular complexity index is 83.1. The molecule has 1 unspecified atom stereocenters. The van der Waals surface area contributed by atoms with Crippen LogP contribution in [0.4, 0.5) is 0 Å². The van der Waals surface area contributed by atoms with E-state index >= 15 is 0 Å². The lowest BCUT2D eigenvalue weighted by atomic mass is 10.0. The van der Waals surface area contributed by atoms with Crippen molar-refractivity contribution in [1.29, 1.82) is 0 Å². The summed E-state index contributed by atoms with van der Waals surface area (Å²) in [6, 6.07) is 0.0278. The van der Waals surface area contributed by atoms with Crippen LogP contribution < -0.4 is 5.73 Å². The molecule has 1 aliphatic heterocycles. The van der Waals surface area contributed by atoms with Crippen LogP contribution in [0.15, 0.2) is 0 Å². The molecule has 1 aliphatic rings. The minimum atomic E-state index is 0.0278. The van der Waals surface area contributed by atoms with Gasteiger partial charge in [0.2, 0.25) is 0 Å². The van der Waals surface area contributed by atoms with Gasteiger partial charge >= 0.3 is 0 Å². The lowest BCUT2D eigenvalue weighted by molar-refractivity contribution is 0.234. The van der Waals surface area contributed by atoms with E-state index in [1.165, 1.54) is 12.2 Å². The minimum absolute atomic E-state index is 0.0278. The monoisotopic (exact) mass is 147 g/mol. The van der Waals surface area contributed by atoms with Gasteiger partial charge in [0.15, 0.2) is 0 Å². The Morgan fingerprint density at radius 2 is 2.56 bits per heavy atom. The van der Waals surface area contributed by atoms with Gasteiger partial charge in [-0.15, -0.1) is 0 Å². The van der Waals surface area contributed by atoms with Gasteiger partial charge in [-0.2, -0.15) is 11.8 Å². The van der Waals surface area contributed by atoms with Crippen molar-refractivity contribution in [3.8, 4) is 0 Å². The van der Waals surface area contributed by atoms with Gasteiger partial charge in [0, 0.05) is 6.04 Å². The SMILES string of the molecule is N[C@@H](CO)C1CCSC1. The molecule has 3 N–H and O–H groups in total. The highest BCUT2D eigenvalue weighted by Gasteiger charge is 2.21. The molecule has 1 saturated heterocycles. The summed E-state index contributed by atoms with van der Waals surface area (Å²) in [5, 5.41) is 8.66. The highest BCUT2D eigenvalue weighted by atomic mass is 32.2. The molecule has 2 atom stereocenters. The van der Waals surface area contributed by atoms with Crippen molar-refractivity contribution < 1.29 is 5.11 Å². The molecule has 2 nitrogen and oxygen atoms in total. The maximum atomic E-state index is 8.66. The molecule has 1 fully saturated rings. The molecule has 1 heterocycles. The third kappa shape index (κ3) is 1.85. The normalized spacial score (nSPS) is 30.7. The third-order valence-corrected chi connectivity index (χ3v) is 2.97. The van der Waals surface area contributed by atoms with Gasteiger partial charge in [0.25, 0.3) is 0 Å². The van der Waals surface area contributed by atoms with E-state index in [-0.39, 0.29) is 12.6 Å². The predicted molar refractivity (Wildman–Crippen MR) is 40.5 cm³/mol. The summed E-state index contributed by atoms with van der Waals surface area (Å²) >= 11 is 1.93. The summed E-state index contributed by atoms with van der Waals surface area (Å²) in [5.74, 6) is 2.93. The van der Waals surface area contributed by atoms with E-state index in [1.807, 2.05) is 11.8 Å². The fourth-order valence-corrected chi connectivity index (χ4v) is 2.39. The molecule has 0 aromatic carbocycles. The molecular weight excluding hydrogens is 134 g/mol. The van der Waals surface area contributed by atoms with E-state index in [1.54, 1.807) is 0 Å². The summed E-state index contributed by atoms with van der Waals surface area (Å²) in [4.78, 5) is 0. The first-order chi connectivity index (χ1) is 4.34. The highest BCUT2D eigenvalue weighted by Crippen LogP contribution is 2.24. The number of aliphatic hydroxyl groups is 1. The number of aliphatic hydroxyl groups excluding tert-OH is 1. The lowest BCUT2D eigenvalue weighted by Crippen LogP contribution is -2.33. The zero-order valence-electron chi connectivity index (χ0n) is 5.42. The smallest absolute Gasteiger partial charge is 0.0585 e. The Hall–Kier alpha value is 0.270. The number of nitrogens with two attached hydrogens (primary N) is 1. The highest BCUT2D eigenvalue weighted by molar-refractivity contribution is 7.99. The van der Waals surface area contributed by atoms with Crippen molar-refractivity contribution in [2.45, 2.75) is 12.5 Å². The molecule has 0 radical (unpaired) electrons. The molecule has 0 spiro atoms. The molecular formula is C6H13NOS. The largest absolute Gasteiger partial charge is 0.395 e. The molecule has 0 aromatic heterocycles. The van der Waals surface area contributed by atoms with Crippen molar-refractivity contribution in [1.82, 2.24) is 0 Å². The third-order valence-electron chi connectivity index (χ3n) is 1.78. The standard InChI is InChI=1S/C6H13NOS/c7-6(3-8)5-1-2-9-4-5/h5-6,8H,1-4,7H2/t5?,6-/m0/s1. The van der Waals surface area contributed by atoms with Gasteiger partial charge in [-0.25, -0.2) is 0 Å². The van der Waals surface area contributed by atoms with Gasteiger partial charge in [-0.05, 0) is 23.8 Å². The van der Waals surface area contributed by atoms with Crippen molar-refractivity contribution >= 4 is 11.8 Å². The number of hydrogen-bond donors (Lipinski definition) is 2. The fourth-order valence-electron chi connectivity index (χ4n) is 1.04. The van der Waals surface area contributed by atoms with Gasteiger partial charge in [0.1, 0.15) is 0 Å². The van der Waals surface area contributed by atoms with Crippen LogP contribution in [0, 0.1) is 5.92 Å². The Labute approximate surface area is 59.8 Å². The molecule has 0 bridgehead atoms. The zero-order chi connectivity index (χ0) is 6.69. The number of hydrogen-bond acceptors (Lipinski definition) is 3. The Kier molecular flexibility index (Phi) is 2.82. The minimum Gasteiger partial charge on any atom is -0.395 e. The van der Waals surface area contributed by atoms with Crippen LogP contribution in [-0.2, 0) is 0 Å². The van der Waals surface area contributed by atoms with E-state index in [0.717, 1.165) is 5.75 Å². The van der Waals surface area contributed by atoms with Crippen LogP contribution in [0.1, 0.15) is 6.42 Å². The average molecular weight is 147 g/mol. The van der Waals surface area contributed by atoms with Crippen molar-refractivity contribution in [2.75, 3.05) is 18.1 Å². The van der Waals surface area contributed by atoms with Crippen LogP contribution in [0.25, 0.3) is 0 Å². The Balaban J connectivity index is 2.24. The topological polar surface area (TPSA) is 46.2 Å². The van der Waals surface area contributed by atoms with Crippen molar-refractivity contribution in [2.24, 2.45) is 11.7 Å². The van der Waals surface area contributed by atoms with E-state index in [4.69, 9.17) is 10.8 Å². The second kappa shape index (κ2) is 3.44. The van der Waals surface area contributed by atoms with E-state index in [9.17, 15) is 0 Å². The molecule has 0 amide bonds. The number of thioether (sulfide) groups is 1. The second-order valence-corrected chi connectivity index (χ2v) is 3.62. The maximum Gasteiger partial charge on any atom is 0.0585 e. The first kappa shape index (κ1) is 7.38. The first-order valence-electron chi connectivity index (χ1n) is 3.28. The predicted octanol–water partition coefficient (Wildman–Crippen LogP) is 0.0591. The van der Waals surface area contributed by atoms with Gasteiger partial charge in [0.05, 0.1) is 6.61 Å². The fraction of sp³-hybridized carbons (Fsp3) is 1.00. The second-order valence-electron chi connectivity index (χ2n) is 2.47. The molecule has 0 aromatic rings. The van der Waals surface area contributed by atoms with Gasteiger partial charge in [-0.3, -0.25) is 0 Å². The summed E-state index contributed by atoms with van der Waals surface area (Å²) in [7, 11) is 0. The van der Waals surface area contributed by atoms with Gasteiger partial charge < -0.3 is 10.8 Å². The van der Waals surface area contributed by atoms with Crippen LogP contribution >= 0.6 is 11.8 Å². The van der Waals surface area contributed by atoms with Crippen molar-refractivity contribution in [3.05, 3.63) is 0 Å². The summed E-state index contributed by atoms with van der Waals surface area (Å²) in [6.45, 7) is 0.144. The summed E-state index contributed by atoms with van der Waals surface area (Å²) in [5.41, 5.74) is 5.61. The quantitative estimate of drug-likeness (QED) is 0.580. The Morgan fingerprint density at radius 3 is 3.00 bits per heavy atom. The molecule has 3 heteroatoms. The van der Waals surface area contributed by atoms with Crippen LogP contribution in [0.3, 0.4) is 0 Å². The maximum absolute atomic E-state index is 8.66. The van der Waals surface area contributed by atoms with Gasteiger partial charge in [-0.1, -0.05) is 0 Å². The van der Waals surface area contributed by atoms with Crippen LogP contribution in [-0.4, -0.2) is 29.3 Å². The molecule has 0 aliphatic carbocycles. The molecule has 0 saturated carbocycles. The average Bonchev–Trinajstić information content (AvgIpc) is 2.37. The molecule has 1 rings (SSSR count). The lowest BCUT2D eigenvalue weighted by Gasteiger charge is -2.13. The first-order valence-corrected chi connectivity index (χ1v) is 4.44. The van der Waals surface area contributed by atoms with Crippen LogP contribution in [0.2, 0.25) is 0 Å². The van der Waals surface area contributed by atoms with E-state index in [2.05, 4.69) is 0 Å². The van der Waals surface area contributed by atoms with E-state index < -0.39 is 0 Å². The molecule has 54 valence electrons. The zero-order valence-corrected chi connectivity index (χ0v) is 6.23. The Morgan fingerprint density at radius 1 is 1.78 bits per heavy atom. The van der Waals surface area contributed by atoms with Crippen molar-refractivity contribution in [3.63, 3.8) is 0 Å². The summed E-state index contributed by atoms with van der Waals surface area (Å²) < 4.78 is 0. The van der Waals surface area contributed by atoms with Crippen LogP contribution in [0.5, 0.6) is 0 Å².